The number of ether oxygens (including phenoxy) is 2. The first-order valence-electron chi connectivity index (χ1n) is 5.40. The van der Waals surface area contributed by atoms with E-state index in [0.717, 1.165) is 0 Å². The lowest BCUT2D eigenvalue weighted by atomic mass is 10.1. The number of hydrogen-bond acceptors (Lipinski definition) is 5. The molecule has 0 aliphatic carbocycles. The molecule has 0 radical (unpaired) electrons. The van der Waals surface area contributed by atoms with Gasteiger partial charge in [0.1, 0.15) is 11.5 Å². The summed E-state index contributed by atoms with van der Waals surface area (Å²) in [6, 6.07) is 3.14. The highest BCUT2D eigenvalue weighted by molar-refractivity contribution is 5.99. The van der Waals surface area contributed by atoms with Crippen molar-refractivity contribution in [3.63, 3.8) is 0 Å². The highest BCUT2D eigenvalue weighted by Gasteiger charge is 2.21. The van der Waals surface area contributed by atoms with Gasteiger partial charge < -0.3 is 25.0 Å². The van der Waals surface area contributed by atoms with Crippen LogP contribution in [-0.2, 0) is 4.79 Å². The number of amides is 1. The molecule has 0 aromatic heterocycles. The number of benzene rings is 1. The Balaban J connectivity index is 2.96. The highest BCUT2D eigenvalue weighted by atomic mass is 16.5. The number of aliphatic carboxylic acids is 1. The third-order valence-electron chi connectivity index (χ3n) is 2.44. The average molecular weight is 269 g/mol. The van der Waals surface area contributed by atoms with Crippen molar-refractivity contribution in [3.8, 4) is 11.5 Å². The van der Waals surface area contributed by atoms with Gasteiger partial charge in [0, 0.05) is 6.07 Å². The molecule has 7 heteroatoms. The van der Waals surface area contributed by atoms with Crippen LogP contribution in [0.5, 0.6) is 11.5 Å². The van der Waals surface area contributed by atoms with E-state index >= 15 is 0 Å². The number of aliphatic hydroxyl groups excluding tert-OH is 1. The van der Waals surface area contributed by atoms with Gasteiger partial charge in [0.25, 0.3) is 5.91 Å². The van der Waals surface area contributed by atoms with Gasteiger partial charge in [0.05, 0.1) is 26.4 Å². The fourth-order valence-corrected chi connectivity index (χ4v) is 1.41. The molecule has 0 heterocycles. The fourth-order valence-electron chi connectivity index (χ4n) is 1.41. The van der Waals surface area contributed by atoms with Crippen molar-refractivity contribution in [3.05, 3.63) is 23.8 Å². The Morgan fingerprint density at radius 2 is 2.00 bits per heavy atom. The normalized spacial score (nSPS) is 11.5. The van der Waals surface area contributed by atoms with Crippen LogP contribution in [0.25, 0.3) is 0 Å². The van der Waals surface area contributed by atoms with Crippen LogP contribution in [0.2, 0.25) is 0 Å². The Kier molecular flexibility index (Phi) is 5.13. The number of methoxy groups -OCH3 is 2. The van der Waals surface area contributed by atoms with Crippen molar-refractivity contribution in [1.29, 1.82) is 0 Å². The van der Waals surface area contributed by atoms with Crippen LogP contribution >= 0.6 is 0 Å². The molecule has 1 amide bonds. The molecule has 0 saturated heterocycles. The number of carbonyl (C=O) groups excluding carboxylic acids is 1. The number of nitrogens with one attached hydrogen (secondary N) is 1. The molecule has 3 N–H and O–H groups in total. The molecule has 1 aromatic carbocycles. The van der Waals surface area contributed by atoms with E-state index in [1.165, 1.54) is 26.4 Å². The summed E-state index contributed by atoms with van der Waals surface area (Å²) in [5.74, 6) is -1.21. The van der Waals surface area contributed by atoms with E-state index in [1.54, 1.807) is 6.07 Å². The molecular formula is C12H15NO6. The summed E-state index contributed by atoms with van der Waals surface area (Å²) in [5, 5.41) is 19.8. The number of carboxylic acids is 1. The van der Waals surface area contributed by atoms with E-state index in [2.05, 4.69) is 5.32 Å². The Hall–Kier alpha value is -2.28. The standard InChI is InChI=1S/C12H15NO6/c1-18-7-3-4-8(10(5-7)19-2)11(15)13-9(6-14)12(16)17/h3-5,9,14H,6H2,1-2H3,(H,13,15)(H,16,17)/t9-/m1/s1. The second-order valence-corrected chi connectivity index (χ2v) is 3.61. The highest BCUT2D eigenvalue weighted by Crippen LogP contribution is 2.24. The van der Waals surface area contributed by atoms with E-state index < -0.39 is 24.5 Å². The first-order chi connectivity index (χ1) is 9.03. The number of rotatable bonds is 6. The molecule has 0 spiro atoms. The summed E-state index contributed by atoms with van der Waals surface area (Å²) in [7, 11) is 2.85. The maximum absolute atomic E-state index is 11.9. The summed E-state index contributed by atoms with van der Waals surface area (Å²) < 4.78 is 10.0. The summed E-state index contributed by atoms with van der Waals surface area (Å²) in [6.07, 6.45) is 0. The zero-order valence-electron chi connectivity index (χ0n) is 10.5. The molecule has 0 bridgehead atoms. The van der Waals surface area contributed by atoms with E-state index in [0.29, 0.717) is 5.75 Å². The average Bonchev–Trinajstić information content (AvgIpc) is 2.43. The van der Waals surface area contributed by atoms with Gasteiger partial charge in [0.15, 0.2) is 6.04 Å². The molecule has 0 saturated carbocycles. The topological polar surface area (TPSA) is 105 Å². The molecule has 0 unspecified atom stereocenters. The molecule has 1 rings (SSSR count). The second-order valence-electron chi connectivity index (χ2n) is 3.61. The lowest BCUT2D eigenvalue weighted by Crippen LogP contribution is -2.43. The Morgan fingerprint density at radius 3 is 2.47 bits per heavy atom. The molecule has 1 atom stereocenters. The predicted octanol–water partition coefficient (Wildman–Crippen LogP) is -0.121. The SMILES string of the molecule is COc1ccc(C(=O)N[C@H](CO)C(=O)O)c(OC)c1. The maximum atomic E-state index is 11.9. The van der Waals surface area contributed by atoms with Crippen molar-refractivity contribution in [2.75, 3.05) is 20.8 Å². The minimum atomic E-state index is -1.36. The molecule has 19 heavy (non-hydrogen) atoms. The van der Waals surface area contributed by atoms with Crippen LogP contribution < -0.4 is 14.8 Å². The van der Waals surface area contributed by atoms with Crippen LogP contribution in [-0.4, -0.2) is 49.0 Å². The van der Waals surface area contributed by atoms with Crippen molar-refractivity contribution in [2.45, 2.75) is 6.04 Å². The molecule has 0 aliphatic rings. The minimum Gasteiger partial charge on any atom is -0.497 e. The first kappa shape index (κ1) is 14.8. The van der Waals surface area contributed by atoms with Crippen molar-refractivity contribution >= 4 is 11.9 Å². The summed E-state index contributed by atoms with van der Waals surface area (Å²) >= 11 is 0. The zero-order valence-corrected chi connectivity index (χ0v) is 10.5. The van der Waals surface area contributed by atoms with Crippen LogP contribution in [0.1, 0.15) is 10.4 Å². The molecule has 7 nitrogen and oxygen atoms in total. The fraction of sp³-hybridized carbons (Fsp3) is 0.333. The van der Waals surface area contributed by atoms with Crippen LogP contribution in [0.4, 0.5) is 0 Å². The van der Waals surface area contributed by atoms with Crippen molar-refractivity contribution in [1.82, 2.24) is 5.32 Å². The van der Waals surface area contributed by atoms with Gasteiger partial charge in [-0.3, -0.25) is 4.79 Å². The van der Waals surface area contributed by atoms with Gasteiger partial charge in [-0.1, -0.05) is 0 Å². The number of carboxylic acid groups (broad SMARTS) is 1. The van der Waals surface area contributed by atoms with Gasteiger partial charge >= 0.3 is 5.97 Å². The van der Waals surface area contributed by atoms with Gasteiger partial charge in [-0.15, -0.1) is 0 Å². The Labute approximate surface area is 109 Å². The molecule has 0 aliphatic heterocycles. The largest absolute Gasteiger partial charge is 0.497 e. The molecule has 0 fully saturated rings. The Bertz CT molecular complexity index is 473. The first-order valence-corrected chi connectivity index (χ1v) is 5.40. The van der Waals surface area contributed by atoms with E-state index in [9.17, 15) is 9.59 Å². The Morgan fingerprint density at radius 1 is 1.32 bits per heavy atom. The van der Waals surface area contributed by atoms with E-state index in [4.69, 9.17) is 19.7 Å². The van der Waals surface area contributed by atoms with Gasteiger partial charge in [0.2, 0.25) is 0 Å². The molecule has 104 valence electrons. The molecular weight excluding hydrogens is 254 g/mol. The second kappa shape index (κ2) is 6.60. The number of carbonyl (C=O) groups is 2. The summed E-state index contributed by atoms with van der Waals surface area (Å²) in [4.78, 5) is 22.6. The van der Waals surface area contributed by atoms with Crippen LogP contribution in [0.15, 0.2) is 18.2 Å². The minimum absolute atomic E-state index is 0.156. The number of hydrogen-bond donors (Lipinski definition) is 3. The van der Waals surface area contributed by atoms with Gasteiger partial charge in [-0.25, -0.2) is 4.79 Å². The lowest BCUT2D eigenvalue weighted by Gasteiger charge is -2.14. The summed E-state index contributed by atoms with van der Waals surface area (Å²) in [6.45, 7) is -0.695. The van der Waals surface area contributed by atoms with Crippen molar-refractivity contribution < 1.29 is 29.3 Å². The monoisotopic (exact) mass is 269 g/mol. The van der Waals surface area contributed by atoms with Crippen LogP contribution in [0, 0.1) is 0 Å². The molecule has 1 aromatic rings. The van der Waals surface area contributed by atoms with Gasteiger partial charge in [-0.2, -0.15) is 0 Å². The quantitative estimate of drug-likeness (QED) is 0.665. The van der Waals surface area contributed by atoms with Gasteiger partial charge in [-0.05, 0) is 12.1 Å². The van der Waals surface area contributed by atoms with E-state index in [-0.39, 0.29) is 11.3 Å². The van der Waals surface area contributed by atoms with Crippen molar-refractivity contribution in [2.24, 2.45) is 0 Å². The number of aliphatic hydroxyl groups is 1. The third-order valence-corrected chi connectivity index (χ3v) is 2.44. The van der Waals surface area contributed by atoms with E-state index in [1.807, 2.05) is 0 Å². The zero-order chi connectivity index (χ0) is 14.4. The summed E-state index contributed by atoms with van der Waals surface area (Å²) in [5.41, 5.74) is 0.156. The van der Waals surface area contributed by atoms with Crippen LogP contribution in [0.3, 0.4) is 0 Å². The predicted molar refractivity (Wildman–Crippen MR) is 65.5 cm³/mol. The maximum Gasteiger partial charge on any atom is 0.328 e. The smallest absolute Gasteiger partial charge is 0.328 e. The lowest BCUT2D eigenvalue weighted by molar-refractivity contribution is -0.140. The third kappa shape index (κ3) is 3.59.